The molecule has 198 valence electrons. The maximum Gasteiger partial charge on any atom is 0.407 e. The van der Waals surface area contributed by atoms with Crippen molar-refractivity contribution in [1.82, 2.24) is 10.2 Å². The molecule has 0 radical (unpaired) electrons. The van der Waals surface area contributed by atoms with E-state index in [0.29, 0.717) is 16.4 Å². The zero-order valence-corrected chi connectivity index (χ0v) is 22.0. The number of carbonyl (C=O) groups is 2. The fourth-order valence-electron chi connectivity index (χ4n) is 3.34. The molecule has 0 spiro atoms. The number of amides is 2. The Balaban J connectivity index is 1.70. The van der Waals surface area contributed by atoms with E-state index in [2.05, 4.69) is 5.32 Å². The maximum absolute atomic E-state index is 13.9. The second kappa shape index (κ2) is 12.5. The van der Waals surface area contributed by atoms with Gasteiger partial charge >= 0.3 is 6.09 Å². The number of nitrogens with one attached hydrogen (secondary N) is 1. The van der Waals surface area contributed by atoms with Crippen LogP contribution in [0.2, 0.25) is 0 Å². The first-order valence-corrected chi connectivity index (χ1v) is 12.4. The molecular weight excluding hydrogens is 502 g/mol. The zero-order chi connectivity index (χ0) is 27.0. The van der Waals surface area contributed by atoms with Gasteiger partial charge in [0.05, 0.1) is 18.5 Å². The number of halogens is 2. The lowest BCUT2D eigenvalue weighted by molar-refractivity contribution is 0.0681. The van der Waals surface area contributed by atoms with Gasteiger partial charge in [0, 0.05) is 23.7 Å². The summed E-state index contributed by atoms with van der Waals surface area (Å²) in [5.41, 5.74) is 0.517. The topological polar surface area (TPSA) is 77.1 Å². The van der Waals surface area contributed by atoms with Gasteiger partial charge in [-0.1, -0.05) is 12.1 Å². The van der Waals surface area contributed by atoms with Crippen LogP contribution in [0.4, 0.5) is 13.6 Å². The normalized spacial score (nSPS) is 11.1. The number of nitrogens with zero attached hydrogens (tertiary/aromatic N) is 1. The van der Waals surface area contributed by atoms with Crippen LogP contribution in [0.1, 0.15) is 41.6 Å². The number of alkyl carbamates (subject to hydrolysis) is 1. The molecule has 1 heterocycles. The zero-order valence-electron chi connectivity index (χ0n) is 21.2. The van der Waals surface area contributed by atoms with Crippen LogP contribution in [0, 0.1) is 11.6 Å². The van der Waals surface area contributed by atoms with Crippen LogP contribution >= 0.6 is 11.3 Å². The SMILES string of the molecule is COc1cc(CN(CCOC(=O)NC(C)(C)C)C(=O)c2cccs2)ccc1OCc1ccc(F)cc1F. The van der Waals surface area contributed by atoms with Crippen LogP contribution in [-0.4, -0.2) is 42.7 Å². The molecule has 1 aromatic heterocycles. The van der Waals surface area contributed by atoms with Crippen LogP contribution in [-0.2, 0) is 17.9 Å². The van der Waals surface area contributed by atoms with Gasteiger partial charge in [-0.2, -0.15) is 0 Å². The van der Waals surface area contributed by atoms with Gasteiger partial charge in [-0.05, 0) is 62.0 Å². The van der Waals surface area contributed by atoms with Crippen LogP contribution in [0.3, 0.4) is 0 Å². The van der Waals surface area contributed by atoms with E-state index in [1.54, 1.807) is 35.2 Å². The minimum atomic E-state index is -0.697. The molecule has 3 aromatic rings. The average Bonchev–Trinajstić information content (AvgIpc) is 3.37. The van der Waals surface area contributed by atoms with Crippen molar-refractivity contribution in [2.75, 3.05) is 20.3 Å². The van der Waals surface area contributed by atoms with Gasteiger partial charge in [-0.15, -0.1) is 11.3 Å². The first kappa shape index (κ1) is 27.9. The molecule has 0 saturated heterocycles. The molecule has 0 aliphatic carbocycles. The number of benzene rings is 2. The lowest BCUT2D eigenvalue weighted by atomic mass is 10.1. The number of hydrogen-bond acceptors (Lipinski definition) is 6. The van der Waals surface area contributed by atoms with E-state index in [1.807, 2.05) is 26.2 Å². The van der Waals surface area contributed by atoms with E-state index in [9.17, 15) is 18.4 Å². The van der Waals surface area contributed by atoms with Gasteiger partial charge in [0.1, 0.15) is 24.8 Å². The molecule has 0 bridgehead atoms. The first-order valence-electron chi connectivity index (χ1n) is 11.6. The summed E-state index contributed by atoms with van der Waals surface area (Å²) >= 11 is 1.32. The van der Waals surface area contributed by atoms with Crippen molar-refractivity contribution >= 4 is 23.3 Å². The van der Waals surface area contributed by atoms with Gasteiger partial charge in [-0.3, -0.25) is 4.79 Å². The van der Waals surface area contributed by atoms with E-state index >= 15 is 0 Å². The molecule has 1 N–H and O–H groups in total. The molecule has 0 unspecified atom stereocenters. The Bertz CT molecular complexity index is 1210. The van der Waals surface area contributed by atoms with Crippen molar-refractivity contribution in [2.24, 2.45) is 0 Å². The van der Waals surface area contributed by atoms with E-state index in [1.165, 1.54) is 24.5 Å². The Labute approximate surface area is 219 Å². The Hall–Kier alpha value is -3.66. The Morgan fingerprint density at radius 3 is 2.49 bits per heavy atom. The summed E-state index contributed by atoms with van der Waals surface area (Å²) in [4.78, 5) is 27.3. The van der Waals surface area contributed by atoms with Crippen LogP contribution < -0.4 is 14.8 Å². The van der Waals surface area contributed by atoms with Crippen LogP contribution in [0.5, 0.6) is 11.5 Å². The molecule has 10 heteroatoms. The van der Waals surface area contributed by atoms with E-state index in [-0.39, 0.29) is 37.8 Å². The lowest BCUT2D eigenvalue weighted by Crippen LogP contribution is -2.42. The third-order valence-corrected chi connectivity index (χ3v) is 5.95. The number of hydrogen-bond donors (Lipinski definition) is 1. The second-order valence-corrected chi connectivity index (χ2v) is 10.2. The standard InChI is InChI=1S/C27H30F2N2O5S/c1-27(2,3)30-26(33)35-12-11-31(25(32)24-6-5-13-37-24)16-18-7-10-22(23(14-18)34-4)36-17-19-8-9-20(28)15-21(19)29/h5-10,13-15H,11-12,16-17H2,1-4H3,(H,30,33). The molecule has 0 saturated carbocycles. The highest BCUT2D eigenvalue weighted by Gasteiger charge is 2.20. The molecular formula is C27H30F2N2O5S. The highest BCUT2D eigenvalue weighted by molar-refractivity contribution is 7.12. The molecule has 3 rings (SSSR count). The summed E-state index contributed by atoms with van der Waals surface area (Å²) in [6.45, 7) is 5.84. The minimum absolute atomic E-state index is 0.0145. The number of ether oxygens (including phenoxy) is 3. The van der Waals surface area contributed by atoms with Crippen LogP contribution in [0.15, 0.2) is 53.9 Å². The number of methoxy groups -OCH3 is 1. The van der Waals surface area contributed by atoms with Gasteiger partial charge in [0.2, 0.25) is 0 Å². The molecule has 0 fully saturated rings. The Morgan fingerprint density at radius 1 is 1.05 bits per heavy atom. The van der Waals surface area contributed by atoms with Crippen molar-refractivity contribution in [3.05, 3.63) is 81.5 Å². The third-order valence-electron chi connectivity index (χ3n) is 5.09. The number of thiophene rings is 1. The summed E-state index contributed by atoms with van der Waals surface area (Å²) in [6.07, 6.45) is -0.559. The summed E-state index contributed by atoms with van der Waals surface area (Å²) in [5.74, 6) is -0.791. The minimum Gasteiger partial charge on any atom is -0.493 e. The van der Waals surface area contributed by atoms with Crippen molar-refractivity contribution in [2.45, 2.75) is 39.5 Å². The van der Waals surface area contributed by atoms with Gasteiger partial charge < -0.3 is 24.4 Å². The Kier molecular flexibility index (Phi) is 9.46. The molecule has 0 aliphatic rings. The van der Waals surface area contributed by atoms with E-state index in [4.69, 9.17) is 14.2 Å². The highest BCUT2D eigenvalue weighted by atomic mass is 32.1. The fraction of sp³-hybridized carbons (Fsp3) is 0.333. The van der Waals surface area contributed by atoms with Gasteiger partial charge in [-0.25, -0.2) is 13.6 Å². The fourth-order valence-corrected chi connectivity index (χ4v) is 4.03. The van der Waals surface area contributed by atoms with Crippen molar-refractivity contribution < 1.29 is 32.6 Å². The predicted molar refractivity (Wildman–Crippen MR) is 137 cm³/mol. The van der Waals surface area contributed by atoms with Crippen LogP contribution in [0.25, 0.3) is 0 Å². The molecule has 0 aliphatic heterocycles. The largest absolute Gasteiger partial charge is 0.493 e. The first-order chi connectivity index (χ1) is 17.6. The van der Waals surface area contributed by atoms with Crippen molar-refractivity contribution in [3.8, 4) is 11.5 Å². The van der Waals surface area contributed by atoms with Gasteiger partial charge in [0.25, 0.3) is 5.91 Å². The summed E-state index contributed by atoms with van der Waals surface area (Å²) in [7, 11) is 1.47. The van der Waals surface area contributed by atoms with Gasteiger partial charge in [0.15, 0.2) is 11.5 Å². The average molecular weight is 533 g/mol. The monoisotopic (exact) mass is 532 g/mol. The molecule has 2 aromatic carbocycles. The highest BCUT2D eigenvalue weighted by Crippen LogP contribution is 2.30. The summed E-state index contributed by atoms with van der Waals surface area (Å²) in [6, 6.07) is 12.0. The van der Waals surface area contributed by atoms with Crippen molar-refractivity contribution in [3.63, 3.8) is 0 Å². The predicted octanol–water partition coefficient (Wildman–Crippen LogP) is 5.78. The molecule has 37 heavy (non-hydrogen) atoms. The lowest BCUT2D eigenvalue weighted by Gasteiger charge is -2.24. The van der Waals surface area contributed by atoms with E-state index < -0.39 is 23.3 Å². The Morgan fingerprint density at radius 2 is 1.84 bits per heavy atom. The van der Waals surface area contributed by atoms with E-state index in [0.717, 1.165) is 17.7 Å². The quantitative estimate of drug-likeness (QED) is 0.358. The molecule has 7 nitrogen and oxygen atoms in total. The second-order valence-electron chi connectivity index (χ2n) is 9.22. The molecule has 0 atom stereocenters. The summed E-state index contributed by atoms with van der Waals surface area (Å²) in [5, 5.41) is 4.53. The summed E-state index contributed by atoms with van der Waals surface area (Å²) < 4.78 is 43.5. The maximum atomic E-state index is 13.9. The van der Waals surface area contributed by atoms with Crippen molar-refractivity contribution in [1.29, 1.82) is 0 Å². The number of rotatable bonds is 10. The smallest absolute Gasteiger partial charge is 0.407 e. The third kappa shape index (κ3) is 8.45. The number of carbonyl (C=O) groups excluding carboxylic acids is 2. The molecule has 2 amide bonds.